The minimum Gasteiger partial charge on any atom is -0.377 e. The largest absolute Gasteiger partial charge is 0.377 e. The van der Waals surface area contributed by atoms with Gasteiger partial charge in [-0.3, -0.25) is 0 Å². The van der Waals surface area contributed by atoms with Gasteiger partial charge in [0.05, 0.1) is 4.90 Å². The summed E-state index contributed by atoms with van der Waals surface area (Å²) in [6, 6.07) is 13.6. The van der Waals surface area contributed by atoms with Crippen LogP contribution in [0.5, 0.6) is 0 Å². The van der Waals surface area contributed by atoms with Gasteiger partial charge in [-0.15, -0.1) is 0 Å². The topological polar surface area (TPSA) is 72.2 Å². The first kappa shape index (κ1) is 21.1. The highest BCUT2D eigenvalue weighted by atomic mass is 35.5. The maximum Gasteiger partial charge on any atom is 0.269 e. The summed E-state index contributed by atoms with van der Waals surface area (Å²) in [7, 11) is -3.91. The first-order valence-electron chi connectivity index (χ1n) is 10.2. The minimum atomic E-state index is -3.91. The van der Waals surface area contributed by atoms with Crippen LogP contribution in [0.3, 0.4) is 0 Å². The molecule has 1 atom stereocenters. The molecule has 1 aliphatic rings. The van der Waals surface area contributed by atoms with Gasteiger partial charge in [0.1, 0.15) is 0 Å². The van der Waals surface area contributed by atoms with Crippen molar-refractivity contribution in [3.05, 3.63) is 82.9 Å². The van der Waals surface area contributed by atoms with Crippen LogP contribution >= 0.6 is 11.6 Å². The number of aryl methyl sites for hydroxylation is 1. The quantitative estimate of drug-likeness (QED) is 0.607. The molecule has 0 aliphatic heterocycles. The molecule has 5 nitrogen and oxygen atoms in total. The van der Waals surface area contributed by atoms with Crippen molar-refractivity contribution in [2.45, 2.75) is 49.5 Å². The predicted molar refractivity (Wildman–Crippen MR) is 117 cm³/mol. The minimum absolute atomic E-state index is 0.122. The van der Waals surface area contributed by atoms with Crippen LogP contribution in [0.4, 0.5) is 0 Å². The van der Waals surface area contributed by atoms with Gasteiger partial charge in [-0.2, -0.15) is 0 Å². The summed E-state index contributed by atoms with van der Waals surface area (Å²) in [6.07, 6.45) is 7.55. The molecule has 0 amide bonds. The fourth-order valence-corrected chi connectivity index (χ4v) is 5.81. The van der Waals surface area contributed by atoms with E-state index in [1.165, 1.54) is 12.4 Å². The zero-order valence-corrected chi connectivity index (χ0v) is 18.4. The molecule has 1 fully saturated rings. The van der Waals surface area contributed by atoms with Crippen LogP contribution in [0, 0.1) is 12.8 Å². The Morgan fingerprint density at radius 1 is 1.03 bits per heavy atom. The second-order valence-electron chi connectivity index (χ2n) is 7.97. The van der Waals surface area contributed by atoms with Gasteiger partial charge in [0.2, 0.25) is 0 Å². The smallest absolute Gasteiger partial charge is 0.269 e. The van der Waals surface area contributed by atoms with Crippen molar-refractivity contribution in [3.8, 4) is 0 Å². The SMILES string of the molecule is Cc1ccc(S(=O)(=O)n2ccnc2C(O)(c2ccc(Cl)cc2)C2CCCCC2)cc1. The molecule has 3 aromatic rings. The summed E-state index contributed by atoms with van der Waals surface area (Å²) < 4.78 is 28.0. The zero-order valence-electron chi connectivity index (χ0n) is 16.8. The fourth-order valence-electron chi connectivity index (χ4n) is 4.35. The van der Waals surface area contributed by atoms with Crippen LogP contribution in [0.2, 0.25) is 5.02 Å². The second-order valence-corrected chi connectivity index (χ2v) is 10.2. The monoisotopic (exact) mass is 444 g/mol. The van der Waals surface area contributed by atoms with E-state index in [2.05, 4.69) is 4.98 Å². The Bertz CT molecular complexity index is 1120. The first-order chi connectivity index (χ1) is 14.3. The summed E-state index contributed by atoms with van der Waals surface area (Å²) in [4.78, 5) is 4.53. The molecule has 158 valence electrons. The van der Waals surface area contributed by atoms with Gasteiger partial charge in [0.15, 0.2) is 11.4 Å². The maximum absolute atomic E-state index is 13.4. The molecule has 4 rings (SSSR count). The number of benzene rings is 2. The van der Waals surface area contributed by atoms with Gasteiger partial charge < -0.3 is 5.11 Å². The van der Waals surface area contributed by atoms with Crippen LogP contribution in [-0.4, -0.2) is 22.5 Å². The van der Waals surface area contributed by atoms with Gasteiger partial charge in [0, 0.05) is 17.4 Å². The molecule has 1 heterocycles. The van der Waals surface area contributed by atoms with Crippen molar-refractivity contribution >= 4 is 21.6 Å². The van der Waals surface area contributed by atoms with Crippen molar-refractivity contribution in [2.24, 2.45) is 5.92 Å². The number of aromatic nitrogens is 2. The van der Waals surface area contributed by atoms with E-state index in [4.69, 9.17) is 11.6 Å². The molecule has 1 aliphatic carbocycles. The molecule has 2 aromatic carbocycles. The number of hydrogen-bond donors (Lipinski definition) is 1. The molecule has 30 heavy (non-hydrogen) atoms. The third-order valence-electron chi connectivity index (χ3n) is 6.01. The Morgan fingerprint density at radius 2 is 1.67 bits per heavy atom. The predicted octanol–water partition coefficient (Wildman–Crippen LogP) is 4.90. The van der Waals surface area contributed by atoms with E-state index in [0.29, 0.717) is 10.6 Å². The highest BCUT2D eigenvalue weighted by Crippen LogP contribution is 2.44. The highest BCUT2D eigenvalue weighted by molar-refractivity contribution is 7.90. The van der Waals surface area contributed by atoms with Crippen molar-refractivity contribution in [1.29, 1.82) is 0 Å². The highest BCUT2D eigenvalue weighted by Gasteiger charge is 2.45. The average Bonchev–Trinajstić information content (AvgIpc) is 3.26. The number of halogens is 1. The Kier molecular flexibility index (Phi) is 5.75. The van der Waals surface area contributed by atoms with Crippen LogP contribution in [0.1, 0.15) is 49.1 Å². The van der Waals surface area contributed by atoms with Crippen LogP contribution in [0.15, 0.2) is 65.8 Å². The first-order valence-corrected chi connectivity index (χ1v) is 12.0. The van der Waals surface area contributed by atoms with Crippen molar-refractivity contribution < 1.29 is 13.5 Å². The normalized spacial score (nSPS) is 17.6. The number of hydrogen-bond acceptors (Lipinski definition) is 4. The van der Waals surface area contributed by atoms with Gasteiger partial charge >= 0.3 is 0 Å². The Balaban J connectivity index is 1.88. The Labute approximate surface area is 182 Å². The molecule has 0 saturated heterocycles. The summed E-state index contributed by atoms with van der Waals surface area (Å²) in [6.45, 7) is 1.90. The number of rotatable bonds is 5. The van der Waals surface area contributed by atoms with E-state index in [1.807, 2.05) is 6.92 Å². The van der Waals surface area contributed by atoms with Gasteiger partial charge in [-0.1, -0.05) is 60.7 Å². The Morgan fingerprint density at radius 3 is 2.30 bits per heavy atom. The van der Waals surface area contributed by atoms with Crippen molar-refractivity contribution in [2.75, 3.05) is 0 Å². The number of imidazole rings is 1. The van der Waals surface area contributed by atoms with E-state index in [1.54, 1.807) is 48.5 Å². The summed E-state index contributed by atoms with van der Waals surface area (Å²) >= 11 is 6.07. The van der Waals surface area contributed by atoms with Gasteiger partial charge in [0.25, 0.3) is 10.0 Å². The third-order valence-corrected chi connectivity index (χ3v) is 7.94. The molecular weight excluding hydrogens is 420 g/mol. The molecule has 1 saturated carbocycles. The lowest BCUT2D eigenvalue weighted by Crippen LogP contribution is -2.41. The molecule has 0 radical (unpaired) electrons. The second kappa shape index (κ2) is 8.17. The number of nitrogens with zero attached hydrogens (tertiary/aromatic N) is 2. The van der Waals surface area contributed by atoms with Gasteiger partial charge in [-0.25, -0.2) is 17.4 Å². The van der Waals surface area contributed by atoms with E-state index >= 15 is 0 Å². The fraction of sp³-hybridized carbons (Fsp3) is 0.348. The molecule has 7 heteroatoms. The molecule has 0 bridgehead atoms. The van der Waals surface area contributed by atoms with Crippen LogP contribution in [0.25, 0.3) is 0 Å². The van der Waals surface area contributed by atoms with Gasteiger partial charge in [-0.05, 0) is 55.5 Å². The molecular formula is C23H25ClN2O3S. The summed E-state index contributed by atoms with van der Waals surface area (Å²) in [5.74, 6) is -0.0147. The lowest BCUT2D eigenvalue weighted by Gasteiger charge is -2.38. The molecule has 1 N–H and O–H groups in total. The summed E-state index contributed by atoms with van der Waals surface area (Å²) in [5.41, 5.74) is 0.0387. The third kappa shape index (κ3) is 3.68. The standard InChI is InChI=1S/C23H25ClN2O3S/c1-17-7-13-21(14-8-17)30(28,29)26-16-15-25-22(26)23(27,18-5-3-2-4-6-18)19-9-11-20(24)12-10-19/h7-16,18,27H,2-6H2,1H3. The molecule has 1 unspecified atom stereocenters. The summed E-state index contributed by atoms with van der Waals surface area (Å²) in [5, 5.41) is 12.7. The maximum atomic E-state index is 13.4. The van der Waals surface area contributed by atoms with E-state index in [0.717, 1.165) is 41.6 Å². The van der Waals surface area contributed by atoms with Crippen LogP contribution in [-0.2, 0) is 15.6 Å². The Hall–Kier alpha value is -2.15. The lowest BCUT2D eigenvalue weighted by molar-refractivity contribution is -0.00879. The van der Waals surface area contributed by atoms with Crippen molar-refractivity contribution in [3.63, 3.8) is 0 Å². The van der Waals surface area contributed by atoms with Crippen LogP contribution < -0.4 is 0 Å². The molecule has 1 aromatic heterocycles. The van der Waals surface area contributed by atoms with E-state index < -0.39 is 15.6 Å². The van der Waals surface area contributed by atoms with Crippen molar-refractivity contribution in [1.82, 2.24) is 8.96 Å². The lowest BCUT2D eigenvalue weighted by atomic mass is 9.73. The average molecular weight is 445 g/mol. The van der Waals surface area contributed by atoms with E-state index in [-0.39, 0.29) is 16.6 Å². The molecule has 0 spiro atoms. The number of aliphatic hydroxyl groups is 1. The zero-order chi connectivity index (χ0) is 21.4. The van der Waals surface area contributed by atoms with E-state index in [9.17, 15) is 13.5 Å².